The highest BCUT2D eigenvalue weighted by molar-refractivity contribution is 7.16. The molecule has 0 bridgehead atoms. The van der Waals surface area contributed by atoms with E-state index in [2.05, 4.69) is 10.4 Å². The minimum atomic E-state index is -0.753. The zero-order valence-electron chi connectivity index (χ0n) is 16.3. The van der Waals surface area contributed by atoms with Gasteiger partial charge < -0.3 is 10.1 Å². The monoisotopic (exact) mass is 437 g/mol. The first-order valence-corrected chi connectivity index (χ1v) is 10.2. The predicted octanol–water partition coefficient (Wildman–Crippen LogP) is 4.02. The second-order valence-electron chi connectivity index (χ2n) is 6.41. The summed E-state index contributed by atoms with van der Waals surface area (Å²) in [6.07, 6.45) is 0. The summed E-state index contributed by atoms with van der Waals surface area (Å²) in [5.74, 6) is -1.86. The van der Waals surface area contributed by atoms with Crippen LogP contribution in [0, 0.1) is 5.82 Å². The van der Waals surface area contributed by atoms with E-state index in [0.717, 1.165) is 16.0 Å². The molecule has 0 aliphatic carbocycles. The standard InChI is InChI=1S/C22H16FN3O4S/c1-2-30-22(29)18-14-12-31-20(24-19(27)13-8-4-3-5-9-13)17(14)21(28)26(25-18)16-11-7-6-10-15(16)23/h3-12H,2H2,1H3,(H,24,27). The third-order valence-electron chi connectivity index (χ3n) is 4.46. The average molecular weight is 437 g/mol. The van der Waals surface area contributed by atoms with Crippen LogP contribution in [-0.4, -0.2) is 28.3 Å². The molecule has 2 heterocycles. The number of para-hydroxylation sites is 1. The number of rotatable bonds is 5. The zero-order valence-corrected chi connectivity index (χ0v) is 17.1. The topological polar surface area (TPSA) is 90.3 Å². The molecule has 0 radical (unpaired) electrons. The summed E-state index contributed by atoms with van der Waals surface area (Å²) >= 11 is 1.07. The Morgan fingerprint density at radius 2 is 1.84 bits per heavy atom. The SMILES string of the molecule is CCOC(=O)c1nn(-c2ccccc2F)c(=O)c2c(NC(=O)c3ccccc3)scc12. The molecular weight excluding hydrogens is 421 g/mol. The van der Waals surface area contributed by atoms with Crippen molar-refractivity contribution in [3.8, 4) is 5.69 Å². The first kappa shape index (κ1) is 20.4. The van der Waals surface area contributed by atoms with E-state index in [1.807, 2.05) is 0 Å². The summed E-state index contributed by atoms with van der Waals surface area (Å²) < 4.78 is 20.3. The molecule has 1 N–H and O–H groups in total. The van der Waals surface area contributed by atoms with Gasteiger partial charge in [0.1, 0.15) is 16.5 Å². The molecule has 0 fully saturated rings. The summed E-state index contributed by atoms with van der Waals surface area (Å²) in [6, 6.07) is 14.1. The Bertz CT molecular complexity index is 1350. The van der Waals surface area contributed by atoms with Crippen LogP contribution in [0.15, 0.2) is 64.8 Å². The van der Waals surface area contributed by atoms with Crippen molar-refractivity contribution in [3.63, 3.8) is 0 Å². The smallest absolute Gasteiger partial charge is 0.359 e. The minimum absolute atomic E-state index is 0.0515. The van der Waals surface area contributed by atoms with E-state index >= 15 is 0 Å². The van der Waals surface area contributed by atoms with Crippen molar-refractivity contribution in [2.75, 3.05) is 11.9 Å². The molecule has 31 heavy (non-hydrogen) atoms. The number of carbonyl (C=O) groups is 2. The summed E-state index contributed by atoms with van der Waals surface area (Å²) in [5, 5.41) is 8.84. The minimum Gasteiger partial charge on any atom is -0.461 e. The van der Waals surface area contributed by atoms with Crippen LogP contribution in [0.4, 0.5) is 9.39 Å². The molecule has 4 aromatic rings. The number of carbonyl (C=O) groups excluding carboxylic acids is 2. The summed E-state index contributed by atoms with van der Waals surface area (Å²) in [6.45, 7) is 1.74. The zero-order chi connectivity index (χ0) is 22.0. The molecule has 1 amide bonds. The number of thiophene rings is 1. The van der Waals surface area contributed by atoms with E-state index in [1.54, 1.807) is 48.7 Å². The van der Waals surface area contributed by atoms with E-state index in [1.165, 1.54) is 18.2 Å². The van der Waals surface area contributed by atoms with Crippen molar-refractivity contribution >= 4 is 39.0 Å². The Kier molecular flexibility index (Phi) is 5.59. The van der Waals surface area contributed by atoms with Gasteiger partial charge in [-0.25, -0.2) is 9.18 Å². The number of aromatic nitrogens is 2. The lowest BCUT2D eigenvalue weighted by atomic mass is 10.2. The molecule has 0 unspecified atom stereocenters. The number of nitrogens with one attached hydrogen (secondary N) is 1. The van der Waals surface area contributed by atoms with E-state index in [0.29, 0.717) is 5.56 Å². The van der Waals surface area contributed by atoms with Gasteiger partial charge in [0, 0.05) is 16.3 Å². The lowest BCUT2D eigenvalue weighted by Gasteiger charge is -2.10. The highest BCUT2D eigenvalue weighted by Gasteiger charge is 2.24. The number of halogens is 1. The van der Waals surface area contributed by atoms with Crippen LogP contribution in [0.2, 0.25) is 0 Å². The first-order valence-electron chi connectivity index (χ1n) is 9.34. The molecule has 0 saturated carbocycles. The summed E-state index contributed by atoms with van der Waals surface area (Å²) in [5.41, 5.74) is -0.529. The van der Waals surface area contributed by atoms with E-state index < -0.39 is 23.3 Å². The largest absolute Gasteiger partial charge is 0.461 e. The van der Waals surface area contributed by atoms with Crippen molar-refractivity contribution in [3.05, 3.63) is 87.4 Å². The lowest BCUT2D eigenvalue weighted by molar-refractivity contribution is 0.0519. The molecule has 0 spiro atoms. The van der Waals surface area contributed by atoms with Crippen LogP contribution in [-0.2, 0) is 4.74 Å². The maximum atomic E-state index is 14.4. The molecule has 4 rings (SSSR count). The molecule has 0 saturated heterocycles. The molecule has 0 aliphatic rings. The fourth-order valence-electron chi connectivity index (χ4n) is 3.04. The number of hydrogen-bond acceptors (Lipinski definition) is 6. The van der Waals surface area contributed by atoms with Gasteiger partial charge in [0.25, 0.3) is 11.5 Å². The molecule has 7 nitrogen and oxygen atoms in total. The van der Waals surface area contributed by atoms with Gasteiger partial charge in [0.2, 0.25) is 0 Å². The lowest BCUT2D eigenvalue weighted by Crippen LogP contribution is -2.26. The van der Waals surface area contributed by atoms with E-state index in [9.17, 15) is 18.8 Å². The van der Waals surface area contributed by atoms with Crippen LogP contribution in [0.25, 0.3) is 16.5 Å². The predicted molar refractivity (Wildman–Crippen MR) is 116 cm³/mol. The van der Waals surface area contributed by atoms with Crippen LogP contribution < -0.4 is 10.9 Å². The quantitative estimate of drug-likeness (QED) is 0.477. The van der Waals surface area contributed by atoms with Gasteiger partial charge >= 0.3 is 5.97 Å². The highest BCUT2D eigenvalue weighted by atomic mass is 32.1. The average Bonchev–Trinajstić information content (AvgIpc) is 3.19. The normalized spacial score (nSPS) is 10.8. The number of nitrogens with zero attached hydrogens (tertiary/aromatic N) is 2. The first-order chi connectivity index (χ1) is 15.0. The molecule has 2 aromatic heterocycles. The van der Waals surface area contributed by atoms with Crippen LogP contribution in [0.3, 0.4) is 0 Å². The van der Waals surface area contributed by atoms with Gasteiger partial charge in [-0.15, -0.1) is 11.3 Å². The Morgan fingerprint density at radius 1 is 1.13 bits per heavy atom. The van der Waals surface area contributed by atoms with Gasteiger partial charge in [-0.2, -0.15) is 9.78 Å². The third-order valence-corrected chi connectivity index (χ3v) is 5.36. The molecule has 9 heteroatoms. The molecule has 156 valence electrons. The van der Waals surface area contributed by atoms with Gasteiger partial charge in [-0.3, -0.25) is 9.59 Å². The van der Waals surface area contributed by atoms with Crippen molar-refractivity contribution in [1.82, 2.24) is 9.78 Å². The summed E-state index contributed by atoms with van der Waals surface area (Å²) in [4.78, 5) is 38.4. The van der Waals surface area contributed by atoms with Crippen molar-refractivity contribution in [1.29, 1.82) is 0 Å². The number of anilines is 1. The second-order valence-corrected chi connectivity index (χ2v) is 7.29. The Labute approximate surface area is 179 Å². The highest BCUT2D eigenvalue weighted by Crippen LogP contribution is 2.31. The number of hydrogen-bond donors (Lipinski definition) is 1. The van der Waals surface area contributed by atoms with Crippen molar-refractivity contribution in [2.45, 2.75) is 6.92 Å². The van der Waals surface area contributed by atoms with Crippen LogP contribution in [0.1, 0.15) is 27.8 Å². The number of fused-ring (bicyclic) bond motifs is 1. The summed E-state index contributed by atoms with van der Waals surface area (Å²) in [7, 11) is 0. The van der Waals surface area contributed by atoms with Crippen LogP contribution >= 0.6 is 11.3 Å². The maximum Gasteiger partial charge on any atom is 0.359 e. The van der Waals surface area contributed by atoms with Gasteiger partial charge in [-0.1, -0.05) is 30.3 Å². The molecule has 0 aliphatic heterocycles. The fraction of sp³-hybridized carbons (Fsp3) is 0.0909. The van der Waals surface area contributed by atoms with Gasteiger partial charge in [0.15, 0.2) is 5.69 Å². The number of amides is 1. The Balaban J connectivity index is 1.92. The number of ether oxygens (including phenoxy) is 1. The van der Waals surface area contributed by atoms with Crippen molar-refractivity contribution < 1.29 is 18.7 Å². The van der Waals surface area contributed by atoms with Gasteiger partial charge in [0.05, 0.1) is 12.0 Å². The number of benzene rings is 2. The molecule has 2 aromatic carbocycles. The second kappa shape index (κ2) is 8.49. The van der Waals surface area contributed by atoms with E-state index in [-0.39, 0.29) is 33.8 Å². The fourth-order valence-corrected chi connectivity index (χ4v) is 3.98. The van der Waals surface area contributed by atoms with Gasteiger partial charge in [-0.05, 0) is 31.2 Å². The van der Waals surface area contributed by atoms with E-state index in [4.69, 9.17) is 4.74 Å². The molecular formula is C22H16FN3O4S. The molecule has 0 atom stereocenters. The number of esters is 1. The third kappa shape index (κ3) is 3.82. The maximum absolute atomic E-state index is 14.4. The van der Waals surface area contributed by atoms with Crippen LogP contribution in [0.5, 0.6) is 0 Å². The Hall–Kier alpha value is -3.85. The Morgan fingerprint density at radius 3 is 2.55 bits per heavy atom. The van der Waals surface area contributed by atoms with Crippen molar-refractivity contribution in [2.24, 2.45) is 0 Å².